The molecule has 0 bridgehead atoms. The molecule has 0 amide bonds. The molecule has 2 aromatic heterocycles. The van der Waals surface area contributed by atoms with Crippen LogP contribution in [-0.2, 0) is 6.42 Å². The predicted molar refractivity (Wildman–Crippen MR) is 77.8 cm³/mol. The second kappa shape index (κ2) is 5.03. The van der Waals surface area contributed by atoms with Crippen molar-refractivity contribution in [1.29, 1.82) is 0 Å². The topological polar surface area (TPSA) is 52.5 Å². The third-order valence-electron chi connectivity index (χ3n) is 3.10. The molecule has 98 valence electrons. The van der Waals surface area contributed by atoms with E-state index in [0.29, 0.717) is 6.54 Å². The number of nitrogens with zero attached hydrogens (tertiary/aromatic N) is 2. The number of methoxy groups -OCH3 is 1. The molecule has 0 spiro atoms. The fourth-order valence-corrected chi connectivity index (χ4v) is 3.12. The maximum atomic E-state index is 5.66. The van der Waals surface area contributed by atoms with E-state index in [9.17, 15) is 0 Å². The van der Waals surface area contributed by atoms with E-state index < -0.39 is 0 Å². The van der Waals surface area contributed by atoms with Crippen molar-refractivity contribution in [2.75, 3.05) is 13.7 Å². The Bertz CT molecular complexity index is 702. The molecule has 4 nitrogen and oxygen atoms in total. The van der Waals surface area contributed by atoms with Crippen LogP contribution in [-0.4, -0.2) is 23.0 Å². The smallest absolute Gasteiger partial charge is 0.194 e. The summed E-state index contributed by atoms with van der Waals surface area (Å²) in [5, 5.41) is 2.11. The number of para-hydroxylation sites is 1. The van der Waals surface area contributed by atoms with Gasteiger partial charge in [-0.25, -0.2) is 4.98 Å². The SMILES string of the molecule is COc1ccccc1-c1csc2ncc(CCN)n12. The number of imidazole rings is 1. The number of ether oxygens (including phenoxy) is 1. The molecule has 0 saturated heterocycles. The highest BCUT2D eigenvalue weighted by molar-refractivity contribution is 7.15. The maximum Gasteiger partial charge on any atom is 0.194 e. The predicted octanol–water partition coefficient (Wildman–Crippen LogP) is 2.57. The minimum absolute atomic E-state index is 0.620. The van der Waals surface area contributed by atoms with Gasteiger partial charge in [0.25, 0.3) is 0 Å². The number of rotatable bonds is 4. The Labute approximate surface area is 115 Å². The van der Waals surface area contributed by atoms with Gasteiger partial charge >= 0.3 is 0 Å². The van der Waals surface area contributed by atoms with E-state index in [1.165, 1.54) is 0 Å². The van der Waals surface area contributed by atoms with Crippen LogP contribution in [0.15, 0.2) is 35.8 Å². The molecule has 0 unspecified atom stereocenters. The van der Waals surface area contributed by atoms with Gasteiger partial charge in [-0.2, -0.15) is 0 Å². The molecule has 0 saturated carbocycles. The van der Waals surface area contributed by atoms with Gasteiger partial charge in [-0.3, -0.25) is 4.40 Å². The van der Waals surface area contributed by atoms with E-state index in [2.05, 4.69) is 20.8 Å². The van der Waals surface area contributed by atoms with Gasteiger partial charge in [0.2, 0.25) is 0 Å². The lowest BCUT2D eigenvalue weighted by Crippen LogP contribution is -2.05. The Balaban J connectivity index is 2.21. The highest BCUT2D eigenvalue weighted by Crippen LogP contribution is 2.33. The van der Waals surface area contributed by atoms with E-state index >= 15 is 0 Å². The fraction of sp³-hybridized carbons (Fsp3) is 0.214. The van der Waals surface area contributed by atoms with Gasteiger partial charge in [-0.05, 0) is 18.7 Å². The third-order valence-corrected chi connectivity index (χ3v) is 3.94. The van der Waals surface area contributed by atoms with Crippen molar-refractivity contribution in [1.82, 2.24) is 9.38 Å². The molecular formula is C14H15N3OS. The van der Waals surface area contributed by atoms with Crippen molar-refractivity contribution in [2.24, 2.45) is 5.73 Å². The van der Waals surface area contributed by atoms with Gasteiger partial charge in [0.05, 0.1) is 19.0 Å². The third kappa shape index (κ3) is 2.01. The molecule has 2 N–H and O–H groups in total. The summed E-state index contributed by atoms with van der Waals surface area (Å²) in [5.41, 5.74) is 8.99. The number of benzene rings is 1. The van der Waals surface area contributed by atoms with E-state index in [-0.39, 0.29) is 0 Å². The van der Waals surface area contributed by atoms with Crippen molar-refractivity contribution in [3.05, 3.63) is 41.5 Å². The highest BCUT2D eigenvalue weighted by Gasteiger charge is 2.14. The zero-order chi connectivity index (χ0) is 13.2. The van der Waals surface area contributed by atoms with Crippen LogP contribution in [0.5, 0.6) is 5.75 Å². The summed E-state index contributed by atoms with van der Waals surface area (Å²) < 4.78 is 7.60. The van der Waals surface area contributed by atoms with Crippen LogP contribution < -0.4 is 10.5 Å². The molecule has 0 atom stereocenters. The molecule has 2 heterocycles. The molecule has 3 aromatic rings. The standard InChI is InChI=1S/C14H15N3OS/c1-18-13-5-3-2-4-11(13)12-9-19-14-16-8-10(6-7-15)17(12)14/h2-5,8-9H,6-7,15H2,1H3. The molecular weight excluding hydrogens is 258 g/mol. The average molecular weight is 273 g/mol. The van der Waals surface area contributed by atoms with Crippen molar-refractivity contribution in [2.45, 2.75) is 6.42 Å². The zero-order valence-corrected chi connectivity index (χ0v) is 11.5. The molecule has 0 aliphatic heterocycles. The second-order valence-electron chi connectivity index (χ2n) is 4.23. The highest BCUT2D eigenvalue weighted by atomic mass is 32.1. The van der Waals surface area contributed by atoms with Crippen LogP contribution in [0.2, 0.25) is 0 Å². The van der Waals surface area contributed by atoms with Crippen LogP contribution in [0, 0.1) is 0 Å². The molecule has 0 aliphatic rings. The molecule has 0 aliphatic carbocycles. The Morgan fingerprint density at radius 1 is 1.37 bits per heavy atom. The van der Waals surface area contributed by atoms with Gasteiger partial charge in [0.1, 0.15) is 5.75 Å². The second-order valence-corrected chi connectivity index (χ2v) is 5.06. The first-order chi connectivity index (χ1) is 9.35. The lowest BCUT2D eigenvalue weighted by Gasteiger charge is -2.08. The summed E-state index contributed by atoms with van der Waals surface area (Å²) in [6.07, 6.45) is 2.72. The molecule has 0 radical (unpaired) electrons. The first-order valence-electron chi connectivity index (χ1n) is 6.12. The molecule has 3 rings (SSSR count). The molecule has 0 fully saturated rings. The Morgan fingerprint density at radius 3 is 3.00 bits per heavy atom. The number of hydrogen-bond donors (Lipinski definition) is 1. The Kier molecular flexibility index (Phi) is 3.23. The van der Waals surface area contributed by atoms with Crippen molar-refractivity contribution in [3.63, 3.8) is 0 Å². The lowest BCUT2D eigenvalue weighted by molar-refractivity contribution is 0.416. The van der Waals surface area contributed by atoms with E-state index in [0.717, 1.165) is 34.1 Å². The van der Waals surface area contributed by atoms with Crippen molar-refractivity contribution < 1.29 is 4.74 Å². The number of fused-ring (bicyclic) bond motifs is 1. The first kappa shape index (κ1) is 12.2. The monoisotopic (exact) mass is 273 g/mol. The van der Waals surface area contributed by atoms with Crippen LogP contribution in [0.3, 0.4) is 0 Å². The largest absolute Gasteiger partial charge is 0.496 e. The summed E-state index contributed by atoms with van der Waals surface area (Å²) in [6.45, 7) is 0.620. The number of hydrogen-bond acceptors (Lipinski definition) is 4. The maximum absolute atomic E-state index is 5.66. The molecule has 1 aromatic carbocycles. The lowest BCUT2D eigenvalue weighted by atomic mass is 10.1. The average Bonchev–Trinajstić information content (AvgIpc) is 3.02. The summed E-state index contributed by atoms with van der Waals surface area (Å²) in [7, 11) is 1.69. The Morgan fingerprint density at radius 2 is 2.21 bits per heavy atom. The Hall–Kier alpha value is -1.85. The van der Waals surface area contributed by atoms with Crippen LogP contribution in [0.1, 0.15) is 5.69 Å². The summed E-state index contributed by atoms with van der Waals surface area (Å²) in [5.74, 6) is 0.870. The van der Waals surface area contributed by atoms with Crippen molar-refractivity contribution >= 4 is 16.3 Å². The summed E-state index contributed by atoms with van der Waals surface area (Å²) >= 11 is 1.63. The number of nitrogens with two attached hydrogens (primary N) is 1. The zero-order valence-electron chi connectivity index (χ0n) is 10.7. The summed E-state index contributed by atoms with van der Waals surface area (Å²) in [6, 6.07) is 8.02. The van der Waals surface area contributed by atoms with Gasteiger partial charge in [-0.1, -0.05) is 12.1 Å². The van der Waals surface area contributed by atoms with E-state index in [4.69, 9.17) is 10.5 Å². The van der Waals surface area contributed by atoms with E-state index in [1.54, 1.807) is 18.4 Å². The normalized spacial score (nSPS) is 11.1. The van der Waals surface area contributed by atoms with Crippen LogP contribution in [0.25, 0.3) is 16.2 Å². The van der Waals surface area contributed by atoms with E-state index in [1.807, 2.05) is 24.4 Å². The van der Waals surface area contributed by atoms with Gasteiger partial charge in [-0.15, -0.1) is 11.3 Å². The number of thiazole rings is 1. The van der Waals surface area contributed by atoms with Crippen molar-refractivity contribution in [3.8, 4) is 17.0 Å². The van der Waals surface area contributed by atoms with Crippen LogP contribution in [0.4, 0.5) is 0 Å². The first-order valence-corrected chi connectivity index (χ1v) is 7.00. The van der Waals surface area contributed by atoms with Gasteiger partial charge in [0, 0.05) is 23.1 Å². The minimum Gasteiger partial charge on any atom is -0.496 e. The minimum atomic E-state index is 0.620. The number of aromatic nitrogens is 2. The molecule has 5 heteroatoms. The quantitative estimate of drug-likeness (QED) is 0.795. The van der Waals surface area contributed by atoms with Gasteiger partial charge < -0.3 is 10.5 Å². The van der Waals surface area contributed by atoms with Crippen LogP contribution >= 0.6 is 11.3 Å². The van der Waals surface area contributed by atoms with Gasteiger partial charge in [0.15, 0.2) is 4.96 Å². The summed E-state index contributed by atoms with van der Waals surface area (Å²) in [4.78, 5) is 5.41. The fourth-order valence-electron chi connectivity index (χ4n) is 2.23. The molecule has 19 heavy (non-hydrogen) atoms.